The zero-order chi connectivity index (χ0) is 10.4. The fourth-order valence-corrected chi connectivity index (χ4v) is 1.47. The Morgan fingerprint density at radius 1 is 1.43 bits per heavy atom. The fraction of sp³-hybridized carbons (Fsp3) is 0.182. The van der Waals surface area contributed by atoms with Crippen LogP contribution in [0, 0.1) is 0 Å². The van der Waals surface area contributed by atoms with E-state index in [4.69, 9.17) is 0 Å². The third-order valence-electron chi connectivity index (χ3n) is 1.61. The fourth-order valence-electron chi connectivity index (χ4n) is 0.988. The Kier molecular flexibility index (Phi) is 4.26. The maximum Gasteiger partial charge on any atom is 0.215 e. The lowest BCUT2D eigenvalue weighted by Crippen LogP contribution is -1.90. The van der Waals surface area contributed by atoms with E-state index in [-0.39, 0.29) is 10.9 Å². The van der Waals surface area contributed by atoms with Gasteiger partial charge in [0.05, 0.1) is 0 Å². The zero-order valence-electron chi connectivity index (χ0n) is 7.93. The van der Waals surface area contributed by atoms with Crippen molar-refractivity contribution in [2.45, 2.75) is 6.92 Å². The summed E-state index contributed by atoms with van der Waals surface area (Å²) in [6.07, 6.45) is 1.25. The SMILES string of the molecule is CCSC(=O)/C=C(\O)c1ccccc1. The predicted molar refractivity (Wildman–Crippen MR) is 60.2 cm³/mol. The minimum atomic E-state index is -0.117. The van der Waals surface area contributed by atoms with Crippen molar-refractivity contribution in [2.75, 3.05) is 5.75 Å². The Hall–Kier alpha value is -1.22. The first-order valence-electron chi connectivity index (χ1n) is 4.37. The highest BCUT2D eigenvalue weighted by atomic mass is 32.2. The van der Waals surface area contributed by atoms with Gasteiger partial charge in [-0.1, -0.05) is 49.0 Å². The number of aliphatic hydroxyl groups excluding tert-OH is 1. The molecule has 0 aliphatic carbocycles. The van der Waals surface area contributed by atoms with Crippen molar-refractivity contribution >= 4 is 22.6 Å². The largest absolute Gasteiger partial charge is 0.507 e. The predicted octanol–water partition coefficient (Wildman–Crippen LogP) is 2.87. The molecule has 1 rings (SSSR count). The van der Waals surface area contributed by atoms with E-state index < -0.39 is 0 Å². The highest BCUT2D eigenvalue weighted by Gasteiger charge is 2.01. The molecule has 0 amide bonds. The summed E-state index contributed by atoms with van der Waals surface area (Å²) >= 11 is 1.18. The van der Waals surface area contributed by atoms with E-state index in [0.29, 0.717) is 5.56 Å². The highest BCUT2D eigenvalue weighted by molar-refractivity contribution is 8.14. The highest BCUT2D eigenvalue weighted by Crippen LogP contribution is 2.12. The summed E-state index contributed by atoms with van der Waals surface area (Å²) in [5, 5.41) is 9.43. The van der Waals surface area contributed by atoms with Crippen LogP contribution < -0.4 is 0 Å². The lowest BCUT2D eigenvalue weighted by molar-refractivity contribution is -0.107. The molecule has 1 N–H and O–H groups in total. The average molecular weight is 208 g/mol. The number of hydrogen-bond donors (Lipinski definition) is 1. The standard InChI is InChI=1S/C11H12O2S/c1-2-14-11(13)8-10(12)9-6-4-3-5-7-9/h3-8,12H,2H2,1H3/b10-8-. The van der Waals surface area contributed by atoms with Crippen LogP contribution in [0.5, 0.6) is 0 Å². The molecule has 74 valence electrons. The third kappa shape index (κ3) is 3.26. The van der Waals surface area contributed by atoms with E-state index in [2.05, 4.69) is 0 Å². The van der Waals surface area contributed by atoms with Gasteiger partial charge in [-0.2, -0.15) is 0 Å². The van der Waals surface area contributed by atoms with Gasteiger partial charge in [-0.25, -0.2) is 0 Å². The van der Waals surface area contributed by atoms with Crippen LogP contribution in [0.25, 0.3) is 5.76 Å². The lowest BCUT2D eigenvalue weighted by atomic mass is 10.2. The Morgan fingerprint density at radius 3 is 2.64 bits per heavy atom. The van der Waals surface area contributed by atoms with Gasteiger partial charge in [-0.3, -0.25) is 4.79 Å². The lowest BCUT2D eigenvalue weighted by Gasteiger charge is -1.98. The smallest absolute Gasteiger partial charge is 0.215 e. The van der Waals surface area contributed by atoms with Crippen molar-refractivity contribution in [3.05, 3.63) is 42.0 Å². The van der Waals surface area contributed by atoms with Crippen LogP contribution in [0.15, 0.2) is 36.4 Å². The molecule has 3 heteroatoms. The Bertz CT molecular complexity index is 330. The number of carbonyl (C=O) groups is 1. The minimum absolute atomic E-state index is 0.0246. The van der Waals surface area contributed by atoms with Crippen LogP contribution in [-0.2, 0) is 4.79 Å². The monoisotopic (exact) mass is 208 g/mol. The van der Waals surface area contributed by atoms with Crippen molar-refractivity contribution in [3.8, 4) is 0 Å². The van der Waals surface area contributed by atoms with E-state index in [0.717, 1.165) is 5.75 Å². The second-order valence-corrected chi connectivity index (χ2v) is 3.92. The van der Waals surface area contributed by atoms with Crippen molar-refractivity contribution in [1.82, 2.24) is 0 Å². The molecule has 1 aromatic rings. The number of benzene rings is 1. The van der Waals surface area contributed by atoms with Gasteiger partial charge < -0.3 is 5.11 Å². The molecule has 0 aromatic heterocycles. The van der Waals surface area contributed by atoms with Gasteiger partial charge in [-0.05, 0) is 5.75 Å². The summed E-state index contributed by atoms with van der Waals surface area (Å²) in [5.74, 6) is 0.744. The van der Waals surface area contributed by atoms with Gasteiger partial charge in [0.25, 0.3) is 0 Å². The molecule has 0 unspecified atom stereocenters. The van der Waals surface area contributed by atoms with Crippen molar-refractivity contribution < 1.29 is 9.90 Å². The number of carbonyl (C=O) groups excluding carboxylic acids is 1. The van der Waals surface area contributed by atoms with Crippen LogP contribution in [0.4, 0.5) is 0 Å². The molecule has 2 nitrogen and oxygen atoms in total. The minimum Gasteiger partial charge on any atom is -0.507 e. The first-order chi connectivity index (χ1) is 6.74. The first-order valence-corrected chi connectivity index (χ1v) is 5.35. The summed E-state index contributed by atoms with van der Waals surface area (Å²) in [6.45, 7) is 1.90. The van der Waals surface area contributed by atoms with E-state index in [1.54, 1.807) is 12.1 Å². The van der Waals surface area contributed by atoms with Gasteiger partial charge in [0.1, 0.15) is 5.76 Å². The molecule has 0 radical (unpaired) electrons. The number of thioether (sulfide) groups is 1. The first kappa shape index (κ1) is 10.9. The second-order valence-electron chi connectivity index (χ2n) is 2.65. The topological polar surface area (TPSA) is 37.3 Å². The van der Waals surface area contributed by atoms with Gasteiger partial charge in [0, 0.05) is 11.6 Å². The number of aliphatic hydroxyl groups is 1. The van der Waals surface area contributed by atoms with E-state index in [9.17, 15) is 9.90 Å². The van der Waals surface area contributed by atoms with Crippen LogP contribution in [-0.4, -0.2) is 16.0 Å². The van der Waals surface area contributed by atoms with Crippen LogP contribution in [0.2, 0.25) is 0 Å². The molecule has 0 heterocycles. The van der Waals surface area contributed by atoms with E-state index in [1.165, 1.54) is 17.8 Å². The van der Waals surface area contributed by atoms with E-state index >= 15 is 0 Å². The van der Waals surface area contributed by atoms with Crippen molar-refractivity contribution in [2.24, 2.45) is 0 Å². The number of rotatable bonds is 3. The summed E-state index contributed by atoms with van der Waals surface area (Å²) in [4.78, 5) is 11.2. The quantitative estimate of drug-likeness (QED) is 0.613. The molecule has 0 bridgehead atoms. The Balaban J connectivity index is 2.75. The van der Waals surface area contributed by atoms with Crippen LogP contribution >= 0.6 is 11.8 Å². The maximum absolute atomic E-state index is 11.2. The van der Waals surface area contributed by atoms with Gasteiger partial charge >= 0.3 is 0 Å². The molecule has 0 spiro atoms. The van der Waals surface area contributed by atoms with Crippen molar-refractivity contribution in [1.29, 1.82) is 0 Å². The summed E-state index contributed by atoms with van der Waals surface area (Å²) in [6, 6.07) is 9.01. The average Bonchev–Trinajstić information content (AvgIpc) is 2.19. The molecule has 0 atom stereocenters. The molecule has 0 aliphatic heterocycles. The molecule has 1 aromatic carbocycles. The molecule has 0 saturated carbocycles. The van der Waals surface area contributed by atoms with Crippen molar-refractivity contribution in [3.63, 3.8) is 0 Å². The van der Waals surface area contributed by atoms with Gasteiger partial charge in [0.2, 0.25) is 5.12 Å². The van der Waals surface area contributed by atoms with Gasteiger partial charge in [0.15, 0.2) is 0 Å². The molecule has 0 fully saturated rings. The van der Waals surface area contributed by atoms with Crippen LogP contribution in [0.1, 0.15) is 12.5 Å². The molecule has 14 heavy (non-hydrogen) atoms. The van der Waals surface area contributed by atoms with Gasteiger partial charge in [-0.15, -0.1) is 0 Å². The Morgan fingerprint density at radius 2 is 2.07 bits per heavy atom. The third-order valence-corrected chi connectivity index (χ3v) is 2.30. The Labute approximate surface area is 87.6 Å². The number of hydrogen-bond acceptors (Lipinski definition) is 3. The molecular weight excluding hydrogens is 196 g/mol. The summed E-state index contributed by atoms with van der Waals surface area (Å²) in [7, 11) is 0. The second kappa shape index (κ2) is 5.50. The summed E-state index contributed by atoms with van der Waals surface area (Å²) < 4.78 is 0. The summed E-state index contributed by atoms with van der Waals surface area (Å²) in [5.41, 5.74) is 0.664. The van der Waals surface area contributed by atoms with E-state index in [1.807, 2.05) is 25.1 Å². The van der Waals surface area contributed by atoms with Crippen LogP contribution in [0.3, 0.4) is 0 Å². The molecule has 0 aliphatic rings. The molecular formula is C11H12O2S. The molecule has 0 saturated heterocycles. The zero-order valence-corrected chi connectivity index (χ0v) is 8.75. The maximum atomic E-state index is 11.2. The normalized spacial score (nSPS) is 11.4.